The molecule has 0 aromatic heterocycles. The van der Waals surface area contributed by atoms with E-state index >= 15 is 0 Å². The van der Waals surface area contributed by atoms with Crippen LogP contribution in [0.15, 0.2) is 48.5 Å². The third-order valence-corrected chi connectivity index (χ3v) is 4.94. The summed E-state index contributed by atoms with van der Waals surface area (Å²) < 4.78 is 5.29. The molecule has 0 aliphatic carbocycles. The van der Waals surface area contributed by atoms with Gasteiger partial charge in [0.15, 0.2) is 0 Å². The summed E-state index contributed by atoms with van der Waals surface area (Å²) in [5.74, 6) is -0.903. The summed E-state index contributed by atoms with van der Waals surface area (Å²) in [6.07, 6.45) is 0. The van der Waals surface area contributed by atoms with Crippen LogP contribution >= 0.6 is 0 Å². The molecule has 1 heterocycles. The fraction of sp³-hybridized carbons (Fsp3) is 0.143. The number of nitrogens with one attached hydrogen (secondary N) is 1. The quantitative estimate of drug-likeness (QED) is 0.366. The van der Waals surface area contributed by atoms with Gasteiger partial charge in [-0.1, -0.05) is 24.3 Å². The van der Waals surface area contributed by atoms with E-state index in [0.717, 1.165) is 4.90 Å². The fourth-order valence-electron chi connectivity index (χ4n) is 3.69. The number of amides is 2. The second-order valence-corrected chi connectivity index (χ2v) is 6.57. The Balaban J connectivity index is 2.01. The number of hydrogen-bond acceptors (Lipinski definition) is 7. The molecular formula is C21H17N3O6. The van der Waals surface area contributed by atoms with Gasteiger partial charge in [-0.3, -0.25) is 19.7 Å². The lowest BCUT2D eigenvalue weighted by Gasteiger charge is -2.28. The first kappa shape index (κ1) is 19.3. The molecule has 0 saturated heterocycles. The Hall–Kier alpha value is -3.98. The number of methoxy groups -OCH3 is 1. The minimum absolute atomic E-state index is 0.0485. The maximum absolute atomic E-state index is 13.3. The largest absolute Gasteiger partial charge is 0.495 e. The molecule has 1 aliphatic heterocycles. The Morgan fingerprint density at radius 3 is 2.53 bits per heavy atom. The Labute approximate surface area is 170 Å². The highest BCUT2D eigenvalue weighted by atomic mass is 16.6. The number of nitro benzene ring substituents is 1. The van der Waals surface area contributed by atoms with Crippen LogP contribution in [0, 0.1) is 10.1 Å². The molecule has 30 heavy (non-hydrogen) atoms. The zero-order valence-electron chi connectivity index (χ0n) is 15.9. The first-order valence-corrected chi connectivity index (χ1v) is 9.10. The number of nitro groups is 1. The highest BCUT2D eigenvalue weighted by Crippen LogP contribution is 2.42. The van der Waals surface area contributed by atoms with E-state index in [1.807, 2.05) is 0 Å². The van der Waals surface area contributed by atoms with E-state index in [0.29, 0.717) is 16.5 Å². The first-order valence-electron chi connectivity index (χ1n) is 9.10. The average molecular weight is 407 g/mol. The van der Waals surface area contributed by atoms with Crippen molar-refractivity contribution in [1.29, 1.82) is 0 Å². The predicted octanol–water partition coefficient (Wildman–Crippen LogP) is 2.96. The zero-order valence-corrected chi connectivity index (χ0v) is 15.9. The summed E-state index contributed by atoms with van der Waals surface area (Å²) in [5, 5.41) is 24.4. The average Bonchev–Trinajstić information content (AvgIpc) is 2.76. The second-order valence-electron chi connectivity index (χ2n) is 6.57. The number of carbonyl (C=O) groups is 2. The van der Waals surface area contributed by atoms with E-state index in [-0.39, 0.29) is 41.3 Å². The third kappa shape index (κ3) is 2.83. The molecular weight excluding hydrogens is 390 g/mol. The Kier molecular flexibility index (Phi) is 4.80. The van der Waals surface area contributed by atoms with Crippen LogP contribution in [0.1, 0.15) is 20.7 Å². The fourth-order valence-corrected chi connectivity index (χ4v) is 3.69. The molecule has 9 heteroatoms. The van der Waals surface area contributed by atoms with Crippen molar-refractivity contribution in [2.75, 3.05) is 30.5 Å². The summed E-state index contributed by atoms with van der Waals surface area (Å²) in [4.78, 5) is 38.7. The molecule has 152 valence electrons. The number of benzene rings is 3. The Morgan fingerprint density at radius 2 is 1.83 bits per heavy atom. The number of nitrogens with zero attached hydrogens (tertiary/aromatic N) is 2. The molecule has 1 aliphatic rings. The molecule has 0 spiro atoms. The number of rotatable bonds is 6. The standard InChI is InChI=1S/C21H17N3O6/c1-30-17-8-3-2-7-15(17)23-20(26)13-6-4-5-12-18(13)14(21(23)27)11-16(24(28)29)19(12)22-9-10-25/h2-8,11,22,25H,9-10H2,1H3. The van der Waals surface area contributed by atoms with Crippen molar-refractivity contribution >= 4 is 39.6 Å². The van der Waals surface area contributed by atoms with Gasteiger partial charge in [0.2, 0.25) is 0 Å². The minimum Gasteiger partial charge on any atom is -0.495 e. The highest BCUT2D eigenvalue weighted by molar-refractivity contribution is 6.37. The van der Waals surface area contributed by atoms with E-state index in [1.54, 1.807) is 42.5 Å². The number of imide groups is 1. The lowest BCUT2D eigenvalue weighted by molar-refractivity contribution is -0.383. The van der Waals surface area contributed by atoms with Gasteiger partial charge in [-0.15, -0.1) is 0 Å². The van der Waals surface area contributed by atoms with E-state index in [1.165, 1.54) is 13.2 Å². The number of aliphatic hydroxyl groups is 1. The number of hydrogen-bond donors (Lipinski definition) is 2. The first-order chi connectivity index (χ1) is 14.5. The molecule has 0 radical (unpaired) electrons. The molecule has 3 aromatic rings. The van der Waals surface area contributed by atoms with E-state index in [2.05, 4.69) is 5.32 Å². The van der Waals surface area contributed by atoms with E-state index < -0.39 is 16.7 Å². The molecule has 0 fully saturated rings. The van der Waals surface area contributed by atoms with Crippen molar-refractivity contribution in [3.63, 3.8) is 0 Å². The topological polar surface area (TPSA) is 122 Å². The van der Waals surface area contributed by atoms with Gasteiger partial charge in [-0.2, -0.15) is 0 Å². The van der Waals surface area contributed by atoms with E-state index in [9.17, 15) is 19.7 Å². The normalized spacial score (nSPS) is 12.9. The summed E-state index contributed by atoms with van der Waals surface area (Å²) >= 11 is 0. The van der Waals surface area contributed by atoms with Gasteiger partial charge in [0.1, 0.15) is 11.4 Å². The van der Waals surface area contributed by atoms with Gasteiger partial charge in [0.05, 0.1) is 29.9 Å². The molecule has 4 rings (SSSR count). The van der Waals surface area contributed by atoms with Gasteiger partial charge in [0.25, 0.3) is 17.5 Å². The maximum Gasteiger partial charge on any atom is 0.293 e. The highest BCUT2D eigenvalue weighted by Gasteiger charge is 2.38. The van der Waals surface area contributed by atoms with Crippen molar-refractivity contribution < 1.29 is 24.4 Å². The smallest absolute Gasteiger partial charge is 0.293 e. The monoisotopic (exact) mass is 407 g/mol. The molecule has 9 nitrogen and oxygen atoms in total. The zero-order chi connectivity index (χ0) is 21.4. The molecule has 0 atom stereocenters. The third-order valence-electron chi connectivity index (χ3n) is 4.94. The SMILES string of the molecule is COc1ccccc1N1C(=O)c2cccc3c(NCCO)c([N+](=O)[O-])cc(c23)C1=O. The summed E-state index contributed by atoms with van der Waals surface area (Å²) in [5.41, 5.74) is 0.386. The van der Waals surface area contributed by atoms with Crippen LogP contribution in [0.3, 0.4) is 0 Å². The molecule has 3 aromatic carbocycles. The van der Waals surface area contributed by atoms with Gasteiger partial charge >= 0.3 is 0 Å². The van der Waals surface area contributed by atoms with Crippen molar-refractivity contribution in [3.05, 3.63) is 69.8 Å². The Morgan fingerprint density at radius 1 is 1.10 bits per heavy atom. The van der Waals surface area contributed by atoms with Crippen LogP contribution in [0.25, 0.3) is 10.8 Å². The second kappa shape index (κ2) is 7.45. The van der Waals surface area contributed by atoms with Gasteiger partial charge in [-0.05, 0) is 18.2 Å². The van der Waals surface area contributed by atoms with Crippen LogP contribution in [0.5, 0.6) is 5.75 Å². The van der Waals surface area contributed by atoms with Gasteiger partial charge in [0, 0.05) is 28.9 Å². The molecule has 0 unspecified atom stereocenters. The summed E-state index contributed by atoms with van der Waals surface area (Å²) in [6, 6.07) is 12.5. The van der Waals surface area contributed by atoms with Crippen molar-refractivity contribution in [2.45, 2.75) is 0 Å². The van der Waals surface area contributed by atoms with Gasteiger partial charge < -0.3 is 15.2 Å². The van der Waals surface area contributed by atoms with Crippen LogP contribution in [0.2, 0.25) is 0 Å². The molecule has 2 amide bonds. The number of carbonyl (C=O) groups excluding carboxylic acids is 2. The maximum atomic E-state index is 13.3. The van der Waals surface area contributed by atoms with Crippen molar-refractivity contribution in [3.8, 4) is 5.75 Å². The van der Waals surface area contributed by atoms with Crippen LogP contribution in [-0.2, 0) is 0 Å². The van der Waals surface area contributed by atoms with E-state index in [4.69, 9.17) is 9.84 Å². The van der Waals surface area contributed by atoms with Crippen molar-refractivity contribution in [1.82, 2.24) is 0 Å². The lowest BCUT2D eigenvalue weighted by Crippen LogP contribution is -2.40. The molecule has 0 bridgehead atoms. The Bertz CT molecular complexity index is 1210. The van der Waals surface area contributed by atoms with Crippen LogP contribution in [0.4, 0.5) is 17.1 Å². The predicted molar refractivity (Wildman–Crippen MR) is 110 cm³/mol. The van der Waals surface area contributed by atoms with Crippen molar-refractivity contribution in [2.24, 2.45) is 0 Å². The van der Waals surface area contributed by atoms with Crippen LogP contribution < -0.4 is 15.0 Å². The summed E-state index contributed by atoms with van der Waals surface area (Å²) in [6.45, 7) is -0.158. The lowest BCUT2D eigenvalue weighted by atomic mass is 9.91. The van der Waals surface area contributed by atoms with Crippen LogP contribution in [-0.4, -0.2) is 42.1 Å². The molecule has 0 saturated carbocycles. The summed E-state index contributed by atoms with van der Waals surface area (Å²) in [7, 11) is 1.43. The number of ether oxygens (including phenoxy) is 1. The van der Waals surface area contributed by atoms with Gasteiger partial charge in [-0.25, -0.2) is 4.90 Å². The number of aliphatic hydroxyl groups excluding tert-OH is 1. The number of para-hydroxylation sites is 2. The minimum atomic E-state index is -0.676. The molecule has 2 N–H and O–H groups in total. The number of anilines is 2.